The van der Waals surface area contributed by atoms with Gasteiger partial charge in [0.1, 0.15) is 0 Å². The minimum absolute atomic E-state index is 0.367. The van der Waals surface area contributed by atoms with E-state index in [0.29, 0.717) is 12.8 Å². The second-order valence-corrected chi connectivity index (χ2v) is 6.27. The zero-order chi connectivity index (χ0) is 15.0. The minimum Gasteiger partial charge on any atom is -0.399 e. The maximum absolute atomic E-state index is 8.81. The third kappa shape index (κ3) is 2.58. The van der Waals surface area contributed by atoms with Crippen LogP contribution in [-0.2, 0) is 15.7 Å². The fraction of sp³-hybridized carbons (Fsp3) is 0.600. The minimum atomic E-state index is -0.416. The van der Waals surface area contributed by atoms with Gasteiger partial charge in [0, 0.05) is 24.3 Å². The Hall–Kier alpha value is -1.38. The zero-order valence-electron chi connectivity index (χ0n) is 12.9. The highest BCUT2D eigenvalue weighted by Crippen LogP contribution is 2.36. The number of aryl methyl sites for hydroxylation is 1. The van der Waals surface area contributed by atoms with Gasteiger partial charge in [0.15, 0.2) is 0 Å². The van der Waals surface area contributed by atoms with Gasteiger partial charge in [-0.05, 0) is 52.2 Å². The molecule has 0 radical (unpaired) electrons. The van der Waals surface area contributed by atoms with E-state index in [0.717, 1.165) is 16.6 Å². The lowest BCUT2D eigenvalue weighted by Gasteiger charge is -2.32. The van der Waals surface area contributed by atoms with Gasteiger partial charge in [-0.1, -0.05) is 0 Å². The van der Waals surface area contributed by atoms with E-state index in [1.807, 2.05) is 40.8 Å². The van der Waals surface area contributed by atoms with E-state index in [2.05, 4.69) is 11.1 Å². The first kappa shape index (κ1) is 15.0. The maximum atomic E-state index is 8.81. The summed E-state index contributed by atoms with van der Waals surface area (Å²) in [5.41, 5.74) is 2.40. The Kier molecular flexibility index (Phi) is 3.90. The van der Waals surface area contributed by atoms with E-state index in [1.165, 1.54) is 0 Å². The van der Waals surface area contributed by atoms with Crippen LogP contribution in [0.2, 0.25) is 0 Å². The molecule has 20 heavy (non-hydrogen) atoms. The fourth-order valence-electron chi connectivity index (χ4n) is 2.31. The number of pyridine rings is 1. The summed E-state index contributed by atoms with van der Waals surface area (Å²) >= 11 is 0. The highest BCUT2D eigenvalue weighted by atomic mass is 16.7. The predicted octanol–water partition coefficient (Wildman–Crippen LogP) is 2.15. The monoisotopic (exact) mass is 272 g/mol. The molecule has 2 heterocycles. The van der Waals surface area contributed by atoms with Crippen molar-refractivity contribution in [2.45, 2.75) is 58.7 Å². The third-order valence-electron chi connectivity index (χ3n) is 4.30. The maximum Gasteiger partial charge on any atom is 0.496 e. The number of rotatable bonds is 3. The first-order valence-electron chi connectivity index (χ1n) is 6.94. The van der Waals surface area contributed by atoms with E-state index in [-0.39, 0.29) is 11.2 Å². The third-order valence-corrected chi connectivity index (χ3v) is 4.30. The lowest BCUT2D eigenvalue weighted by atomic mass is 9.75. The Morgan fingerprint density at radius 2 is 1.80 bits per heavy atom. The smallest absolute Gasteiger partial charge is 0.399 e. The van der Waals surface area contributed by atoms with Gasteiger partial charge in [-0.15, -0.1) is 0 Å². The van der Waals surface area contributed by atoms with Crippen LogP contribution in [0.5, 0.6) is 0 Å². The normalized spacial score (nSPS) is 19.9. The molecular weight excluding hydrogens is 251 g/mol. The van der Waals surface area contributed by atoms with Gasteiger partial charge in [-0.2, -0.15) is 5.26 Å². The van der Waals surface area contributed by atoms with Crippen molar-refractivity contribution in [3.8, 4) is 6.07 Å². The van der Waals surface area contributed by atoms with E-state index in [9.17, 15) is 0 Å². The van der Waals surface area contributed by atoms with Crippen LogP contribution in [0.1, 0.15) is 45.2 Å². The molecule has 106 valence electrons. The van der Waals surface area contributed by atoms with Crippen LogP contribution in [0.3, 0.4) is 0 Å². The Bertz CT molecular complexity index is 533. The summed E-state index contributed by atoms with van der Waals surface area (Å²) in [6.07, 6.45) is 4.80. The van der Waals surface area contributed by atoms with Crippen molar-refractivity contribution in [2.24, 2.45) is 0 Å². The van der Waals surface area contributed by atoms with Gasteiger partial charge in [0.05, 0.1) is 17.3 Å². The number of aromatic nitrogens is 1. The topological polar surface area (TPSA) is 55.1 Å². The van der Waals surface area contributed by atoms with Crippen molar-refractivity contribution in [1.82, 2.24) is 4.98 Å². The molecule has 0 spiro atoms. The van der Waals surface area contributed by atoms with Crippen LogP contribution in [0.15, 0.2) is 12.4 Å². The summed E-state index contributed by atoms with van der Waals surface area (Å²) < 4.78 is 12.2. The Morgan fingerprint density at radius 3 is 2.35 bits per heavy atom. The lowest BCUT2D eigenvalue weighted by molar-refractivity contribution is 0.00578. The number of hydrogen-bond donors (Lipinski definition) is 0. The van der Waals surface area contributed by atoms with Crippen molar-refractivity contribution < 1.29 is 9.31 Å². The lowest BCUT2D eigenvalue weighted by Crippen LogP contribution is -2.41. The van der Waals surface area contributed by atoms with Crippen molar-refractivity contribution in [3.05, 3.63) is 23.5 Å². The molecule has 1 aromatic heterocycles. The summed E-state index contributed by atoms with van der Waals surface area (Å²) in [7, 11) is -0.416. The van der Waals surface area contributed by atoms with Crippen LogP contribution in [0.4, 0.5) is 0 Å². The number of nitrogens with zero attached hydrogens (tertiary/aromatic N) is 2. The quantitative estimate of drug-likeness (QED) is 0.791. The Balaban J connectivity index is 2.35. The van der Waals surface area contributed by atoms with E-state index < -0.39 is 7.12 Å². The average molecular weight is 272 g/mol. The van der Waals surface area contributed by atoms with E-state index in [1.54, 1.807) is 6.20 Å². The van der Waals surface area contributed by atoms with Gasteiger partial charge < -0.3 is 9.31 Å². The molecule has 0 amide bonds. The first-order valence-corrected chi connectivity index (χ1v) is 6.94. The summed E-state index contributed by atoms with van der Waals surface area (Å²) in [6, 6.07) is 2.19. The standard InChI is InChI=1S/C15H21BN2O2/c1-11-9-18-10-13(12(11)7-6-8-17)16-19-14(2,3)15(4,5)20-16/h9-10H,6-7H2,1-5H3. The molecule has 0 bridgehead atoms. The van der Waals surface area contributed by atoms with Crippen LogP contribution in [0, 0.1) is 18.3 Å². The summed E-state index contributed by atoms with van der Waals surface area (Å²) in [4.78, 5) is 4.25. The van der Waals surface area contributed by atoms with Gasteiger partial charge in [0.25, 0.3) is 0 Å². The van der Waals surface area contributed by atoms with Crippen molar-refractivity contribution in [2.75, 3.05) is 0 Å². The molecular formula is C15H21BN2O2. The molecule has 4 nitrogen and oxygen atoms in total. The molecule has 0 atom stereocenters. The average Bonchev–Trinajstić information content (AvgIpc) is 2.56. The second-order valence-electron chi connectivity index (χ2n) is 6.27. The van der Waals surface area contributed by atoms with Crippen LogP contribution >= 0.6 is 0 Å². The molecule has 0 saturated carbocycles. The molecule has 0 unspecified atom stereocenters. The molecule has 1 aromatic rings. The van der Waals surface area contributed by atoms with Crippen LogP contribution in [0.25, 0.3) is 0 Å². The molecule has 1 saturated heterocycles. The molecule has 1 aliphatic heterocycles. The number of hydrogen-bond acceptors (Lipinski definition) is 4. The molecule has 2 rings (SSSR count). The largest absolute Gasteiger partial charge is 0.496 e. The predicted molar refractivity (Wildman–Crippen MR) is 78.6 cm³/mol. The Labute approximate surface area is 121 Å². The van der Waals surface area contributed by atoms with E-state index >= 15 is 0 Å². The van der Waals surface area contributed by atoms with Crippen molar-refractivity contribution >= 4 is 12.6 Å². The first-order chi connectivity index (χ1) is 9.28. The van der Waals surface area contributed by atoms with Crippen LogP contribution < -0.4 is 5.46 Å². The fourth-order valence-corrected chi connectivity index (χ4v) is 2.31. The molecule has 5 heteroatoms. The SMILES string of the molecule is Cc1cncc(B2OC(C)(C)C(C)(C)O2)c1CCC#N. The van der Waals surface area contributed by atoms with Gasteiger partial charge in [-0.3, -0.25) is 4.98 Å². The highest BCUT2D eigenvalue weighted by Gasteiger charge is 2.52. The number of nitriles is 1. The van der Waals surface area contributed by atoms with Crippen molar-refractivity contribution in [1.29, 1.82) is 5.26 Å². The Morgan fingerprint density at radius 1 is 1.20 bits per heavy atom. The van der Waals surface area contributed by atoms with Crippen molar-refractivity contribution in [3.63, 3.8) is 0 Å². The summed E-state index contributed by atoms with van der Waals surface area (Å²) in [5, 5.41) is 8.81. The van der Waals surface area contributed by atoms with Gasteiger partial charge in [0.2, 0.25) is 0 Å². The molecule has 0 aliphatic carbocycles. The summed E-state index contributed by atoms with van der Waals surface area (Å²) in [5.74, 6) is 0. The van der Waals surface area contributed by atoms with Gasteiger partial charge in [-0.25, -0.2) is 0 Å². The zero-order valence-corrected chi connectivity index (χ0v) is 12.9. The van der Waals surface area contributed by atoms with E-state index in [4.69, 9.17) is 14.6 Å². The molecule has 0 aromatic carbocycles. The summed E-state index contributed by atoms with van der Waals surface area (Å²) in [6.45, 7) is 10.1. The molecule has 1 fully saturated rings. The van der Waals surface area contributed by atoms with Gasteiger partial charge >= 0.3 is 7.12 Å². The second kappa shape index (κ2) is 5.19. The molecule has 1 aliphatic rings. The molecule has 0 N–H and O–H groups in total. The highest BCUT2D eigenvalue weighted by molar-refractivity contribution is 6.62. The van der Waals surface area contributed by atoms with Crippen LogP contribution in [-0.4, -0.2) is 23.3 Å².